The summed E-state index contributed by atoms with van der Waals surface area (Å²) in [5.74, 6) is -0.495. The number of hydrogen-bond acceptors (Lipinski definition) is 3. The highest BCUT2D eigenvalue weighted by Gasteiger charge is 2.12. The number of ether oxygens (including phenoxy) is 1. The molecule has 0 radical (unpaired) electrons. The molecule has 0 aliphatic carbocycles. The lowest BCUT2D eigenvalue weighted by Gasteiger charge is -2.05. The van der Waals surface area contributed by atoms with E-state index in [1.165, 1.54) is 6.07 Å². The minimum atomic E-state index is -1.03. The smallest absolute Gasteiger partial charge is 0.356 e. The molecule has 0 unspecified atom stereocenters. The fourth-order valence-corrected chi connectivity index (χ4v) is 1.17. The molecule has 1 aromatic rings. The van der Waals surface area contributed by atoms with Gasteiger partial charge in [0.15, 0.2) is 5.69 Å². The van der Waals surface area contributed by atoms with Crippen LogP contribution in [0.15, 0.2) is 6.07 Å². The Hall–Kier alpha value is -1.52. The Morgan fingerprint density at radius 3 is 2.87 bits per heavy atom. The van der Waals surface area contributed by atoms with Crippen molar-refractivity contribution in [2.45, 2.75) is 33.2 Å². The lowest BCUT2D eigenvalue weighted by molar-refractivity contribution is 0.0689. The fourth-order valence-electron chi connectivity index (χ4n) is 1.17. The number of aryl methyl sites for hydroxylation is 1. The topological polar surface area (TPSA) is 64.3 Å². The van der Waals surface area contributed by atoms with Gasteiger partial charge in [-0.25, -0.2) is 9.48 Å². The number of unbranched alkanes of at least 4 members (excludes halogenated alkanes) is 1. The van der Waals surface area contributed by atoms with E-state index in [2.05, 4.69) is 12.0 Å². The molecular weight excluding hydrogens is 196 g/mol. The van der Waals surface area contributed by atoms with Crippen LogP contribution in [0.1, 0.15) is 37.2 Å². The maximum absolute atomic E-state index is 10.7. The van der Waals surface area contributed by atoms with Crippen molar-refractivity contribution in [2.24, 2.45) is 0 Å². The van der Waals surface area contributed by atoms with Crippen LogP contribution in [0.5, 0.6) is 5.88 Å². The molecule has 5 nitrogen and oxygen atoms in total. The predicted octanol–water partition coefficient (Wildman–Crippen LogP) is 1.78. The number of carboxylic acids is 1. The van der Waals surface area contributed by atoms with E-state index in [0.29, 0.717) is 19.0 Å². The molecule has 0 saturated carbocycles. The summed E-state index contributed by atoms with van der Waals surface area (Å²) in [6.07, 6.45) is 2.00. The lowest BCUT2D eigenvalue weighted by Crippen LogP contribution is -2.05. The van der Waals surface area contributed by atoms with Gasteiger partial charge >= 0.3 is 5.97 Å². The molecule has 0 aliphatic rings. The predicted molar refractivity (Wildman–Crippen MR) is 55.3 cm³/mol. The highest BCUT2D eigenvalue weighted by atomic mass is 16.5. The molecule has 1 heterocycles. The fraction of sp³-hybridized carbons (Fsp3) is 0.600. The van der Waals surface area contributed by atoms with Gasteiger partial charge in [-0.2, -0.15) is 5.10 Å². The summed E-state index contributed by atoms with van der Waals surface area (Å²) < 4.78 is 6.99. The van der Waals surface area contributed by atoms with E-state index in [1.807, 2.05) is 6.92 Å². The lowest BCUT2D eigenvalue weighted by atomic mass is 10.4. The Kier molecular flexibility index (Phi) is 4.15. The second-order valence-electron chi connectivity index (χ2n) is 3.19. The first-order chi connectivity index (χ1) is 7.19. The molecule has 1 N–H and O–H groups in total. The van der Waals surface area contributed by atoms with E-state index in [4.69, 9.17) is 9.84 Å². The molecule has 0 aromatic carbocycles. The Morgan fingerprint density at radius 1 is 1.60 bits per heavy atom. The second-order valence-corrected chi connectivity index (χ2v) is 3.19. The number of carbonyl (C=O) groups is 1. The first kappa shape index (κ1) is 11.6. The van der Waals surface area contributed by atoms with Gasteiger partial charge in [-0.05, 0) is 13.3 Å². The van der Waals surface area contributed by atoms with Gasteiger partial charge in [0.25, 0.3) is 0 Å². The summed E-state index contributed by atoms with van der Waals surface area (Å²) >= 11 is 0. The third kappa shape index (κ3) is 2.97. The minimum Gasteiger partial charge on any atom is -0.478 e. The Labute approximate surface area is 88.7 Å². The van der Waals surface area contributed by atoms with Crippen LogP contribution in [0.25, 0.3) is 0 Å². The largest absolute Gasteiger partial charge is 0.478 e. The SMILES string of the molecule is CCCCOc1cc(C(=O)O)nn1CC. The summed E-state index contributed by atoms with van der Waals surface area (Å²) in [5.41, 5.74) is 0.0309. The molecule has 5 heteroatoms. The van der Waals surface area contributed by atoms with E-state index in [-0.39, 0.29) is 5.69 Å². The minimum absolute atomic E-state index is 0.0309. The average Bonchev–Trinajstić information content (AvgIpc) is 2.62. The summed E-state index contributed by atoms with van der Waals surface area (Å²) in [4.78, 5) is 10.7. The van der Waals surface area contributed by atoms with Gasteiger partial charge in [-0.1, -0.05) is 13.3 Å². The summed E-state index contributed by atoms with van der Waals surface area (Å²) in [5, 5.41) is 12.7. The molecule has 84 valence electrons. The van der Waals surface area contributed by atoms with Gasteiger partial charge in [0.1, 0.15) is 0 Å². The standard InChI is InChI=1S/C10H16N2O3/c1-3-5-6-15-9-7-8(10(13)14)11-12(9)4-2/h7H,3-6H2,1-2H3,(H,13,14). The Morgan fingerprint density at radius 2 is 2.33 bits per heavy atom. The van der Waals surface area contributed by atoms with Crippen LogP contribution in [-0.2, 0) is 6.54 Å². The molecule has 0 saturated heterocycles. The molecule has 0 bridgehead atoms. The third-order valence-electron chi connectivity index (χ3n) is 2.01. The number of carboxylic acid groups (broad SMARTS) is 1. The maximum atomic E-state index is 10.7. The molecule has 0 atom stereocenters. The highest BCUT2D eigenvalue weighted by Crippen LogP contribution is 2.14. The van der Waals surface area contributed by atoms with Crippen molar-refractivity contribution in [3.63, 3.8) is 0 Å². The molecule has 0 amide bonds. The first-order valence-electron chi connectivity index (χ1n) is 5.13. The summed E-state index contributed by atoms with van der Waals surface area (Å²) in [7, 11) is 0. The average molecular weight is 212 g/mol. The van der Waals surface area contributed by atoms with Crippen molar-refractivity contribution in [3.05, 3.63) is 11.8 Å². The second kappa shape index (κ2) is 5.38. The van der Waals surface area contributed by atoms with E-state index in [0.717, 1.165) is 12.8 Å². The number of nitrogens with zero attached hydrogens (tertiary/aromatic N) is 2. The van der Waals surface area contributed by atoms with Crippen molar-refractivity contribution in [2.75, 3.05) is 6.61 Å². The Bertz CT molecular complexity index is 333. The van der Waals surface area contributed by atoms with E-state index in [1.54, 1.807) is 4.68 Å². The summed E-state index contributed by atoms with van der Waals surface area (Å²) in [6, 6.07) is 1.46. The quantitative estimate of drug-likeness (QED) is 0.730. The van der Waals surface area contributed by atoms with E-state index >= 15 is 0 Å². The van der Waals surface area contributed by atoms with Gasteiger partial charge in [0.2, 0.25) is 5.88 Å². The van der Waals surface area contributed by atoms with Gasteiger partial charge < -0.3 is 9.84 Å². The zero-order chi connectivity index (χ0) is 11.3. The van der Waals surface area contributed by atoms with Crippen molar-refractivity contribution >= 4 is 5.97 Å². The van der Waals surface area contributed by atoms with Gasteiger partial charge in [0, 0.05) is 12.6 Å². The van der Waals surface area contributed by atoms with Crippen LogP contribution in [0.3, 0.4) is 0 Å². The number of aromatic carboxylic acids is 1. The van der Waals surface area contributed by atoms with Crippen molar-refractivity contribution in [3.8, 4) is 5.88 Å². The van der Waals surface area contributed by atoms with Gasteiger partial charge in [-0.15, -0.1) is 0 Å². The third-order valence-corrected chi connectivity index (χ3v) is 2.01. The zero-order valence-electron chi connectivity index (χ0n) is 9.06. The summed E-state index contributed by atoms with van der Waals surface area (Å²) in [6.45, 7) is 5.17. The van der Waals surface area contributed by atoms with Crippen molar-refractivity contribution in [1.82, 2.24) is 9.78 Å². The van der Waals surface area contributed by atoms with E-state index < -0.39 is 5.97 Å². The van der Waals surface area contributed by atoms with Crippen LogP contribution < -0.4 is 4.74 Å². The van der Waals surface area contributed by atoms with Gasteiger partial charge in [-0.3, -0.25) is 0 Å². The molecular formula is C10H16N2O3. The highest BCUT2D eigenvalue weighted by molar-refractivity contribution is 5.85. The molecule has 1 rings (SSSR count). The monoisotopic (exact) mass is 212 g/mol. The van der Waals surface area contributed by atoms with Crippen molar-refractivity contribution in [1.29, 1.82) is 0 Å². The molecule has 15 heavy (non-hydrogen) atoms. The van der Waals surface area contributed by atoms with Crippen LogP contribution in [0, 0.1) is 0 Å². The number of rotatable bonds is 6. The van der Waals surface area contributed by atoms with Crippen LogP contribution in [0.4, 0.5) is 0 Å². The van der Waals surface area contributed by atoms with E-state index in [9.17, 15) is 4.79 Å². The zero-order valence-corrected chi connectivity index (χ0v) is 9.06. The Balaban J connectivity index is 2.72. The normalized spacial score (nSPS) is 10.3. The molecule has 0 spiro atoms. The van der Waals surface area contributed by atoms with Crippen molar-refractivity contribution < 1.29 is 14.6 Å². The van der Waals surface area contributed by atoms with Crippen LogP contribution in [0.2, 0.25) is 0 Å². The molecule has 0 fully saturated rings. The maximum Gasteiger partial charge on any atom is 0.356 e. The number of hydrogen-bond donors (Lipinski definition) is 1. The van der Waals surface area contributed by atoms with Gasteiger partial charge in [0.05, 0.1) is 6.61 Å². The number of aromatic nitrogens is 2. The van der Waals surface area contributed by atoms with Crippen LogP contribution >= 0.6 is 0 Å². The first-order valence-corrected chi connectivity index (χ1v) is 5.13. The molecule has 1 aromatic heterocycles. The van der Waals surface area contributed by atoms with Crippen LogP contribution in [-0.4, -0.2) is 27.5 Å². The molecule has 0 aliphatic heterocycles.